The molecule has 0 aliphatic carbocycles. The number of carbonyl (C=O) groups is 3. The van der Waals surface area contributed by atoms with Gasteiger partial charge in [0.2, 0.25) is 11.8 Å². The Labute approximate surface area is 201 Å². The zero-order valence-electron chi connectivity index (χ0n) is 20.0. The average Bonchev–Trinajstić information content (AvgIpc) is 3.29. The van der Waals surface area contributed by atoms with Gasteiger partial charge in [-0.2, -0.15) is 0 Å². The zero-order valence-corrected chi connectivity index (χ0v) is 20.9. The topological polar surface area (TPSA) is 66.9 Å². The van der Waals surface area contributed by atoms with Gasteiger partial charge in [-0.05, 0) is 62.6 Å². The number of nitrogens with zero attached hydrogens (tertiary/aromatic N) is 2. The van der Waals surface area contributed by atoms with Crippen LogP contribution in [0.15, 0.2) is 29.2 Å². The number of carbonyl (C=O) groups excluding carboxylic acids is 3. The van der Waals surface area contributed by atoms with Gasteiger partial charge in [0, 0.05) is 17.5 Å². The largest absolute Gasteiger partial charge is 0.468 e. The highest BCUT2D eigenvalue weighted by Crippen LogP contribution is 2.58. The van der Waals surface area contributed by atoms with Crippen molar-refractivity contribution in [3.63, 3.8) is 0 Å². The lowest BCUT2D eigenvalue weighted by atomic mass is 9.75. The molecule has 4 rings (SSSR count). The molecule has 3 heterocycles. The summed E-state index contributed by atoms with van der Waals surface area (Å²) in [6.45, 7) is 5.07. The first-order valence-electron chi connectivity index (χ1n) is 12.4. The summed E-state index contributed by atoms with van der Waals surface area (Å²) >= 11 is 1.86. The molecule has 0 saturated carbocycles. The number of hydrogen-bond donors (Lipinski definition) is 0. The molecule has 1 aromatic rings. The fraction of sp³-hybridized carbons (Fsp3) is 0.654. The van der Waals surface area contributed by atoms with Gasteiger partial charge in [0.05, 0.1) is 18.9 Å². The predicted molar refractivity (Wildman–Crippen MR) is 129 cm³/mol. The Morgan fingerprint density at radius 3 is 2.52 bits per heavy atom. The molecule has 0 N–H and O–H groups in total. The van der Waals surface area contributed by atoms with Gasteiger partial charge in [0.15, 0.2) is 0 Å². The second-order valence-electron chi connectivity index (χ2n) is 9.41. The summed E-state index contributed by atoms with van der Waals surface area (Å²) in [5, 5.41) is 0. The van der Waals surface area contributed by atoms with E-state index in [2.05, 4.69) is 36.1 Å². The van der Waals surface area contributed by atoms with Gasteiger partial charge >= 0.3 is 5.97 Å². The monoisotopic (exact) mass is 472 g/mol. The number of benzene rings is 1. The molecule has 4 atom stereocenters. The Hall–Kier alpha value is -1.86. The third kappa shape index (κ3) is 4.01. The van der Waals surface area contributed by atoms with Gasteiger partial charge < -0.3 is 4.74 Å². The van der Waals surface area contributed by atoms with E-state index in [9.17, 15) is 14.4 Å². The second-order valence-corrected chi connectivity index (χ2v) is 10.6. The lowest BCUT2D eigenvalue weighted by Gasteiger charge is -2.44. The van der Waals surface area contributed by atoms with Crippen LogP contribution in [-0.2, 0) is 19.1 Å². The third-order valence-electron chi connectivity index (χ3n) is 7.70. The van der Waals surface area contributed by atoms with Crippen molar-refractivity contribution in [3.8, 4) is 0 Å². The fourth-order valence-electron chi connectivity index (χ4n) is 6.21. The Kier molecular flexibility index (Phi) is 7.49. The van der Waals surface area contributed by atoms with Crippen LogP contribution in [0.4, 0.5) is 0 Å². The van der Waals surface area contributed by atoms with E-state index in [1.54, 1.807) is 0 Å². The first kappa shape index (κ1) is 24.3. The van der Waals surface area contributed by atoms with E-state index in [1.165, 1.54) is 42.6 Å². The van der Waals surface area contributed by atoms with Gasteiger partial charge in [-0.1, -0.05) is 38.3 Å². The summed E-state index contributed by atoms with van der Waals surface area (Å²) in [6.07, 6.45) is 7.35. The molecule has 2 amide bonds. The SMILES string of the molecule is CCCCCCSc1ccc(C2C3C(=O)N(CC)C(=O)C3[C@]3(C(=O)OC)CCCCN23)cc1. The summed E-state index contributed by atoms with van der Waals surface area (Å²) in [6, 6.07) is 8.13. The van der Waals surface area contributed by atoms with Crippen molar-refractivity contribution in [3.05, 3.63) is 29.8 Å². The van der Waals surface area contributed by atoms with Crippen molar-refractivity contribution in [1.29, 1.82) is 0 Å². The van der Waals surface area contributed by atoms with Crippen LogP contribution in [0.2, 0.25) is 0 Å². The maximum atomic E-state index is 13.4. The van der Waals surface area contributed by atoms with Crippen LogP contribution in [0.25, 0.3) is 0 Å². The minimum absolute atomic E-state index is 0.149. The Bertz CT molecular complexity index is 889. The minimum atomic E-state index is -1.05. The molecular formula is C26H36N2O4S. The normalized spacial score (nSPS) is 29.3. The maximum Gasteiger partial charge on any atom is 0.327 e. The molecule has 7 heteroatoms. The summed E-state index contributed by atoms with van der Waals surface area (Å²) in [5.41, 5.74) is -0.0433. The van der Waals surface area contributed by atoms with E-state index in [1.807, 2.05) is 18.7 Å². The van der Waals surface area contributed by atoms with E-state index < -0.39 is 17.4 Å². The molecule has 0 bridgehead atoms. The van der Waals surface area contributed by atoms with Crippen LogP contribution >= 0.6 is 11.8 Å². The van der Waals surface area contributed by atoms with E-state index in [0.717, 1.165) is 24.2 Å². The predicted octanol–water partition coefficient (Wildman–Crippen LogP) is 4.43. The molecule has 6 nitrogen and oxygen atoms in total. The Balaban J connectivity index is 1.65. The van der Waals surface area contributed by atoms with Crippen molar-refractivity contribution in [2.75, 3.05) is 26.0 Å². The zero-order chi connectivity index (χ0) is 23.6. The van der Waals surface area contributed by atoms with Crippen molar-refractivity contribution >= 4 is 29.5 Å². The lowest BCUT2D eigenvalue weighted by molar-refractivity contribution is -0.164. The molecule has 3 aliphatic rings. The number of piperidine rings is 1. The number of hydrogen-bond acceptors (Lipinski definition) is 6. The van der Waals surface area contributed by atoms with E-state index >= 15 is 0 Å². The number of rotatable bonds is 9. The fourth-order valence-corrected chi connectivity index (χ4v) is 7.12. The molecule has 3 fully saturated rings. The first-order chi connectivity index (χ1) is 16.0. The van der Waals surface area contributed by atoms with E-state index in [-0.39, 0.29) is 23.8 Å². The Morgan fingerprint density at radius 1 is 1.09 bits per heavy atom. The Morgan fingerprint density at radius 2 is 1.85 bits per heavy atom. The number of likely N-dealkylation sites (tertiary alicyclic amines) is 1. The van der Waals surface area contributed by atoms with Gasteiger partial charge in [-0.25, -0.2) is 0 Å². The number of amides is 2. The molecule has 3 aliphatic heterocycles. The van der Waals surface area contributed by atoms with Gasteiger partial charge in [-0.3, -0.25) is 24.2 Å². The average molecular weight is 473 g/mol. The van der Waals surface area contributed by atoms with Crippen LogP contribution in [0, 0.1) is 11.8 Å². The summed E-state index contributed by atoms with van der Waals surface area (Å²) < 4.78 is 5.26. The number of esters is 1. The molecule has 0 aromatic heterocycles. The van der Waals surface area contributed by atoms with Gasteiger partial charge in [-0.15, -0.1) is 11.8 Å². The van der Waals surface area contributed by atoms with Crippen molar-refractivity contribution in [1.82, 2.24) is 9.80 Å². The van der Waals surface area contributed by atoms with Crippen LogP contribution in [0.5, 0.6) is 0 Å². The number of unbranched alkanes of at least 4 members (excludes halogenated alkanes) is 3. The minimum Gasteiger partial charge on any atom is -0.468 e. The van der Waals surface area contributed by atoms with Crippen LogP contribution in [0.1, 0.15) is 70.4 Å². The number of thioether (sulfide) groups is 1. The third-order valence-corrected chi connectivity index (χ3v) is 8.79. The van der Waals surface area contributed by atoms with Gasteiger partial charge in [0.25, 0.3) is 0 Å². The molecule has 180 valence electrons. The molecule has 0 radical (unpaired) electrons. The van der Waals surface area contributed by atoms with Crippen LogP contribution in [0.3, 0.4) is 0 Å². The number of fused-ring (bicyclic) bond motifs is 3. The standard InChI is InChI=1S/C26H36N2O4S/c1-4-6-7-10-17-33-19-13-11-18(12-14-19)22-20-21(24(30)27(5-2)23(20)29)26(25(31)32-3)15-8-9-16-28(22)26/h11-14,20-22H,4-10,15-17H2,1-3H3/t20?,21?,22?,26-/m0/s1. The van der Waals surface area contributed by atoms with Crippen LogP contribution < -0.4 is 0 Å². The highest BCUT2D eigenvalue weighted by Gasteiger charge is 2.72. The van der Waals surface area contributed by atoms with Gasteiger partial charge in [0.1, 0.15) is 5.54 Å². The van der Waals surface area contributed by atoms with Crippen LogP contribution in [-0.4, -0.2) is 59.1 Å². The highest BCUT2D eigenvalue weighted by atomic mass is 32.2. The number of ether oxygens (including phenoxy) is 1. The summed E-state index contributed by atoms with van der Waals surface area (Å²) in [7, 11) is 1.39. The quantitative estimate of drug-likeness (QED) is 0.229. The molecule has 3 unspecified atom stereocenters. The first-order valence-corrected chi connectivity index (χ1v) is 13.4. The summed E-state index contributed by atoms with van der Waals surface area (Å²) in [4.78, 5) is 44.8. The smallest absolute Gasteiger partial charge is 0.327 e. The number of methoxy groups -OCH3 is 1. The molecular weight excluding hydrogens is 436 g/mol. The molecule has 33 heavy (non-hydrogen) atoms. The van der Waals surface area contributed by atoms with E-state index in [4.69, 9.17) is 4.74 Å². The summed E-state index contributed by atoms with van der Waals surface area (Å²) in [5.74, 6) is -0.851. The lowest BCUT2D eigenvalue weighted by Crippen LogP contribution is -2.59. The number of imide groups is 1. The molecule has 1 aromatic carbocycles. The van der Waals surface area contributed by atoms with E-state index in [0.29, 0.717) is 19.5 Å². The van der Waals surface area contributed by atoms with Crippen molar-refractivity contribution in [2.24, 2.45) is 11.8 Å². The van der Waals surface area contributed by atoms with Crippen molar-refractivity contribution in [2.45, 2.75) is 75.3 Å². The molecule has 0 spiro atoms. The highest BCUT2D eigenvalue weighted by molar-refractivity contribution is 7.99. The molecule has 3 saturated heterocycles. The maximum absolute atomic E-state index is 13.4. The second kappa shape index (κ2) is 10.2. The van der Waals surface area contributed by atoms with Crippen molar-refractivity contribution < 1.29 is 19.1 Å².